The molecule has 5 aromatic rings. The van der Waals surface area contributed by atoms with E-state index in [-0.39, 0.29) is 5.78 Å². The molecule has 0 spiro atoms. The van der Waals surface area contributed by atoms with Crippen molar-refractivity contribution in [3.63, 3.8) is 0 Å². The lowest BCUT2D eigenvalue weighted by Crippen LogP contribution is -2.04. The first-order valence-electron chi connectivity index (χ1n) is 9.48. The highest BCUT2D eigenvalue weighted by Crippen LogP contribution is 2.38. The van der Waals surface area contributed by atoms with E-state index in [1.165, 1.54) is 0 Å². The Morgan fingerprint density at radius 3 is 2.38 bits per heavy atom. The molecule has 0 saturated carbocycles. The van der Waals surface area contributed by atoms with Gasteiger partial charge in [-0.25, -0.2) is 0 Å². The molecule has 1 aromatic heterocycles. The standard InChI is InChI=1S/C26H17ClO2/c27-19-13-14-24-22(16-19)26-21(11-6-12-25(26)29-24)20-10-5-4-9-18(20)15-23(28)17-7-2-1-3-8-17/h1-14,16H,15H2. The zero-order valence-corrected chi connectivity index (χ0v) is 16.3. The van der Waals surface area contributed by atoms with Crippen LogP contribution in [-0.4, -0.2) is 5.78 Å². The van der Waals surface area contributed by atoms with Crippen LogP contribution >= 0.6 is 11.6 Å². The zero-order valence-electron chi connectivity index (χ0n) is 15.6. The summed E-state index contributed by atoms with van der Waals surface area (Å²) in [6, 6.07) is 29.1. The largest absolute Gasteiger partial charge is 0.456 e. The van der Waals surface area contributed by atoms with Crippen LogP contribution in [-0.2, 0) is 6.42 Å². The SMILES string of the molecule is O=C(Cc1ccccc1-c1cccc2oc3ccc(Cl)cc3c12)c1ccccc1. The quantitative estimate of drug-likeness (QED) is 0.297. The summed E-state index contributed by atoms with van der Waals surface area (Å²) in [4.78, 5) is 12.8. The molecule has 0 aliphatic carbocycles. The third-order valence-corrected chi connectivity index (χ3v) is 5.45. The Kier molecular flexibility index (Phi) is 4.42. The van der Waals surface area contributed by atoms with E-state index < -0.39 is 0 Å². The van der Waals surface area contributed by atoms with E-state index in [4.69, 9.17) is 16.0 Å². The molecule has 0 unspecified atom stereocenters. The second-order valence-electron chi connectivity index (χ2n) is 7.04. The van der Waals surface area contributed by atoms with Crippen molar-refractivity contribution < 1.29 is 9.21 Å². The average Bonchev–Trinajstić information content (AvgIpc) is 3.13. The highest BCUT2D eigenvalue weighted by Gasteiger charge is 2.16. The van der Waals surface area contributed by atoms with Crippen molar-refractivity contribution in [2.24, 2.45) is 0 Å². The van der Waals surface area contributed by atoms with Crippen molar-refractivity contribution in [3.8, 4) is 11.1 Å². The summed E-state index contributed by atoms with van der Waals surface area (Å²) in [5.74, 6) is 0.102. The van der Waals surface area contributed by atoms with E-state index in [0.717, 1.165) is 44.2 Å². The van der Waals surface area contributed by atoms with Gasteiger partial charge >= 0.3 is 0 Å². The van der Waals surface area contributed by atoms with Crippen LogP contribution in [0, 0.1) is 0 Å². The number of halogens is 1. The Balaban J connectivity index is 1.67. The lowest BCUT2D eigenvalue weighted by Gasteiger charge is -2.11. The molecule has 0 bridgehead atoms. The van der Waals surface area contributed by atoms with Crippen molar-refractivity contribution in [2.45, 2.75) is 6.42 Å². The number of Topliss-reactive ketones (excluding diaryl/α,β-unsaturated/α-hetero) is 1. The highest BCUT2D eigenvalue weighted by molar-refractivity contribution is 6.32. The van der Waals surface area contributed by atoms with Gasteiger partial charge in [-0.15, -0.1) is 0 Å². The molecule has 5 rings (SSSR count). The van der Waals surface area contributed by atoms with Crippen LogP contribution in [0.2, 0.25) is 5.02 Å². The number of hydrogen-bond acceptors (Lipinski definition) is 2. The molecule has 29 heavy (non-hydrogen) atoms. The summed E-state index contributed by atoms with van der Waals surface area (Å²) in [5.41, 5.74) is 5.40. The Labute approximate surface area is 173 Å². The number of ketones is 1. The maximum atomic E-state index is 12.8. The second kappa shape index (κ2) is 7.23. The average molecular weight is 397 g/mol. The number of carbonyl (C=O) groups is 1. The third-order valence-electron chi connectivity index (χ3n) is 5.21. The van der Waals surface area contributed by atoms with Crippen molar-refractivity contribution in [1.29, 1.82) is 0 Å². The molecule has 4 aromatic carbocycles. The fourth-order valence-corrected chi connectivity index (χ4v) is 4.03. The van der Waals surface area contributed by atoms with Gasteiger partial charge in [0.15, 0.2) is 5.78 Å². The molecule has 0 atom stereocenters. The van der Waals surface area contributed by atoms with Gasteiger partial charge in [0.1, 0.15) is 11.2 Å². The fraction of sp³-hybridized carbons (Fsp3) is 0.0385. The Hall–Kier alpha value is -3.36. The normalized spacial score (nSPS) is 11.2. The summed E-state index contributed by atoms with van der Waals surface area (Å²) in [7, 11) is 0. The summed E-state index contributed by atoms with van der Waals surface area (Å²) in [6.45, 7) is 0. The van der Waals surface area contributed by atoms with Crippen LogP contribution in [0.15, 0.2) is 95.4 Å². The summed E-state index contributed by atoms with van der Waals surface area (Å²) < 4.78 is 6.03. The summed E-state index contributed by atoms with van der Waals surface area (Å²) in [6.07, 6.45) is 0.340. The van der Waals surface area contributed by atoms with E-state index in [1.54, 1.807) is 0 Å². The van der Waals surface area contributed by atoms with Crippen LogP contribution in [0.25, 0.3) is 33.1 Å². The van der Waals surface area contributed by atoms with E-state index in [0.29, 0.717) is 11.4 Å². The van der Waals surface area contributed by atoms with Crippen molar-refractivity contribution >= 4 is 39.3 Å². The highest BCUT2D eigenvalue weighted by atomic mass is 35.5. The molecule has 0 radical (unpaired) electrons. The van der Waals surface area contributed by atoms with E-state index in [1.807, 2.05) is 78.9 Å². The van der Waals surface area contributed by atoms with Gasteiger partial charge in [-0.05, 0) is 41.0 Å². The predicted octanol–water partition coefficient (Wildman–Crippen LogP) is 7.33. The Morgan fingerprint density at radius 1 is 0.759 bits per heavy atom. The smallest absolute Gasteiger partial charge is 0.167 e. The predicted molar refractivity (Wildman–Crippen MR) is 119 cm³/mol. The van der Waals surface area contributed by atoms with Crippen LogP contribution in [0.1, 0.15) is 15.9 Å². The topological polar surface area (TPSA) is 30.2 Å². The summed E-state index contributed by atoms with van der Waals surface area (Å²) >= 11 is 6.26. The van der Waals surface area contributed by atoms with E-state index >= 15 is 0 Å². The first kappa shape index (κ1) is 17.7. The maximum Gasteiger partial charge on any atom is 0.167 e. The molecule has 0 fully saturated rings. The van der Waals surface area contributed by atoms with Crippen LogP contribution in [0.5, 0.6) is 0 Å². The number of hydrogen-bond donors (Lipinski definition) is 0. The van der Waals surface area contributed by atoms with Crippen LogP contribution < -0.4 is 0 Å². The molecule has 0 amide bonds. The van der Waals surface area contributed by atoms with Gasteiger partial charge in [-0.1, -0.05) is 78.3 Å². The second-order valence-corrected chi connectivity index (χ2v) is 7.48. The number of carbonyl (C=O) groups excluding carboxylic acids is 1. The van der Waals surface area contributed by atoms with Gasteiger partial charge in [0, 0.05) is 27.8 Å². The molecule has 140 valence electrons. The fourth-order valence-electron chi connectivity index (χ4n) is 3.86. The van der Waals surface area contributed by atoms with Gasteiger partial charge in [0.05, 0.1) is 0 Å². The van der Waals surface area contributed by atoms with Gasteiger partial charge < -0.3 is 4.42 Å². The van der Waals surface area contributed by atoms with Crippen molar-refractivity contribution in [3.05, 3.63) is 107 Å². The lowest BCUT2D eigenvalue weighted by atomic mass is 9.92. The Morgan fingerprint density at radius 2 is 1.52 bits per heavy atom. The number of furan rings is 1. The number of rotatable bonds is 4. The minimum Gasteiger partial charge on any atom is -0.456 e. The van der Waals surface area contributed by atoms with Gasteiger partial charge in [-0.2, -0.15) is 0 Å². The minimum atomic E-state index is 0.102. The molecule has 0 saturated heterocycles. The monoisotopic (exact) mass is 396 g/mol. The number of fused-ring (bicyclic) bond motifs is 3. The molecular formula is C26H17ClO2. The Bertz CT molecular complexity index is 1350. The maximum absolute atomic E-state index is 12.8. The molecule has 0 aliphatic rings. The molecule has 1 heterocycles. The third kappa shape index (κ3) is 3.22. The van der Waals surface area contributed by atoms with Gasteiger partial charge in [0.2, 0.25) is 0 Å². The van der Waals surface area contributed by atoms with Gasteiger partial charge in [0.25, 0.3) is 0 Å². The zero-order chi connectivity index (χ0) is 19.8. The minimum absolute atomic E-state index is 0.102. The molecule has 3 heteroatoms. The number of benzene rings is 4. The van der Waals surface area contributed by atoms with Crippen LogP contribution in [0.4, 0.5) is 0 Å². The molecule has 0 aliphatic heterocycles. The van der Waals surface area contributed by atoms with Gasteiger partial charge in [-0.3, -0.25) is 4.79 Å². The first-order valence-corrected chi connectivity index (χ1v) is 9.86. The lowest BCUT2D eigenvalue weighted by molar-refractivity contribution is 0.0993. The van der Waals surface area contributed by atoms with E-state index in [2.05, 4.69) is 12.1 Å². The first-order chi connectivity index (χ1) is 14.2. The summed E-state index contributed by atoms with van der Waals surface area (Å²) in [5, 5.41) is 2.67. The van der Waals surface area contributed by atoms with Crippen molar-refractivity contribution in [2.75, 3.05) is 0 Å². The molecule has 2 nitrogen and oxygen atoms in total. The van der Waals surface area contributed by atoms with Crippen molar-refractivity contribution in [1.82, 2.24) is 0 Å². The van der Waals surface area contributed by atoms with Crippen LogP contribution in [0.3, 0.4) is 0 Å². The van der Waals surface area contributed by atoms with E-state index in [9.17, 15) is 4.79 Å². The molecular weight excluding hydrogens is 380 g/mol. The molecule has 0 N–H and O–H groups in total.